The minimum Gasteiger partial charge on any atom is -0.298 e. The van der Waals surface area contributed by atoms with Crippen molar-refractivity contribution in [3.05, 3.63) is 59.1 Å². The van der Waals surface area contributed by atoms with Gasteiger partial charge in [-0.05, 0) is 23.4 Å². The fraction of sp³-hybridized carbons (Fsp3) is 0. The van der Waals surface area contributed by atoms with Crippen LogP contribution in [-0.2, 0) is 0 Å². The molecule has 98 valence electrons. The van der Waals surface area contributed by atoms with Gasteiger partial charge in [-0.15, -0.1) is 15.0 Å². The molecule has 0 atom stereocenters. The predicted molar refractivity (Wildman–Crippen MR) is 75.0 cm³/mol. The van der Waals surface area contributed by atoms with Crippen LogP contribution in [0, 0.1) is 0 Å². The van der Waals surface area contributed by atoms with E-state index in [2.05, 4.69) is 15.4 Å². The number of benzene rings is 2. The number of tetrazole rings is 1. The molecular formula is C14H9ClN4O. The van der Waals surface area contributed by atoms with Crippen molar-refractivity contribution >= 4 is 17.9 Å². The van der Waals surface area contributed by atoms with Gasteiger partial charge in [0.25, 0.3) is 0 Å². The topological polar surface area (TPSA) is 60.7 Å². The van der Waals surface area contributed by atoms with Gasteiger partial charge in [0.2, 0.25) is 5.82 Å². The lowest BCUT2D eigenvalue weighted by Gasteiger charge is -2.01. The van der Waals surface area contributed by atoms with Crippen molar-refractivity contribution in [2.75, 3.05) is 0 Å². The van der Waals surface area contributed by atoms with Gasteiger partial charge in [0.1, 0.15) is 12.0 Å². The molecule has 0 aliphatic carbocycles. The smallest absolute Gasteiger partial charge is 0.205 e. The summed E-state index contributed by atoms with van der Waals surface area (Å²) in [6.45, 7) is 0. The van der Waals surface area contributed by atoms with E-state index in [1.54, 1.807) is 18.2 Å². The molecule has 0 unspecified atom stereocenters. The van der Waals surface area contributed by atoms with Crippen molar-refractivity contribution in [3.8, 4) is 17.1 Å². The average molecular weight is 285 g/mol. The van der Waals surface area contributed by atoms with Crippen LogP contribution in [0.1, 0.15) is 10.4 Å². The average Bonchev–Trinajstić information content (AvgIpc) is 2.97. The number of halogens is 1. The van der Waals surface area contributed by atoms with Gasteiger partial charge < -0.3 is 0 Å². The number of rotatable bonds is 3. The Morgan fingerprint density at radius 1 is 1.10 bits per heavy atom. The number of carbonyl (C=O) groups is 1. The first-order valence-corrected chi connectivity index (χ1v) is 6.26. The Morgan fingerprint density at radius 2 is 1.90 bits per heavy atom. The maximum Gasteiger partial charge on any atom is 0.205 e. The quantitative estimate of drug-likeness (QED) is 0.694. The van der Waals surface area contributed by atoms with E-state index < -0.39 is 0 Å². The molecule has 0 radical (unpaired) electrons. The van der Waals surface area contributed by atoms with Crippen LogP contribution >= 0.6 is 11.6 Å². The molecule has 0 saturated carbocycles. The molecule has 3 rings (SSSR count). The van der Waals surface area contributed by atoms with Crippen molar-refractivity contribution in [1.82, 2.24) is 20.2 Å². The first-order chi connectivity index (χ1) is 9.78. The summed E-state index contributed by atoms with van der Waals surface area (Å²) in [4.78, 5) is 12.0. The minimum absolute atomic E-state index is 0.395. The molecule has 0 saturated heterocycles. The zero-order valence-corrected chi connectivity index (χ0v) is 11.0. The molecular weight excluding hydrogens is 276 g/mol. The van der Waals surface area contributed by atoms with E-state index in [1.807, 2.05) is 30.3 Å². The Bertz CT molecular complexity index is 755. The van der Waals surface area contributed by atoms with Crippen LogP contribution in [0.4, 0.5) is 0 Å². The largest absolute Gasteiger partial charge is 0.298 e. The molecule has 0 fully saturated rings. The number of hydrogen-bond acceptors (Lipinski definition) is 4. The Kier molecular flexibility index (Phi) is 3.26. The number of carbonyl (C=O) groups excluding carboxylic acids is 1. The second-order valence-corrected chi connectivity index (χ2v) is 4.50. The number of aromatic nitrogens is 4. The Morgan fingerprint density at radius 3 is 2.60 bits per heavy atom. The molecule has 20 heavy (non-hydrogen) atoms. The summed E-state index contributed by atoms with van der Waals surface area (Å²) in [6, 6.07) is 14.4. The van der Waals surface area contributed by atoms with Crippen LogP contribution in [-0.4, -0.2) is 26.5 Å². The van der Waals surface area contributed by atoms with E-state index in [1.165, 1.54) is 4.80 Å². The summed E-state index contributed by atoms with van der Waals surface area (Å²) in [6.07, 6.45) is 0.736. The van der Waals surface area contributed by atoms with E-state index >= 15 is 0 Å². The summed E-state index contributed by atoms with van der Waals surface area (Å²) < 4.78 is 0. The zero-order chi connectivity index (χ0) is 13.9. The van der Waals surface area contributed by atoms with Gasteiger partial charge in [-0.25, -0.2) is 0 Å². The second kappa shape index (κ2) is 5.22. The van der Waals surface area contributed by atoms with Gasteiger partial charge in [-0.3, -0.25) is 4.79 Å². The highest BCUT2D eigenvalue weighted by Gasteiger charge is 2.10. The fourth-order valence-corrected chi connectivity index (χ4v) is 2.04. The Balaban J connectivity index is 2.00. The maximum atomic E-state index is 10.7. The monoisotopic (exact) mass is 284 g/mol. The predicted octanol–water partition coefficient (Wildman–Crippen LogP) is 2.80. The third-order valence-corrected chi connectivity index (χ3v) is 3.07. The highest BCUT2D eigenvalue weighted by molar-refractivity contribution is 6.32. The zero-order valence-electron chi connectivity index (χ0n) is 10.3. The summed E-state index contributed by atoms with van der Waals surface area (Å²) >= 11 is 6.11. The summed E-state index contributed by atoms with van der Waals surface area (Å²) in [5.74, 6) is 0.515. The van der Waals surface area contributed by atoms with E-state index in [4.69, 9.17) is 11.6 Å². The van der Waals surface area contributed by atoms with Crippen LogP contribution < -0.4 is 0 Å². The summed E-state index contributed by atoms with van der Waals surface area (Å²) in [7, 11) is 0. The van der Waals surface area contributed by atoms with Gasteiger partial charge in [-0.1, -0.05) is 41.9 Å². The standard InChI is InChI=1S/C14H9ClN4O/c15-12-8-10(9-20)6-7-13(12)19-17-14(16-18-19)11-4-2-1-3-5-11/h1-9H. The van der Waals surface area contributed by atoms with Gasteiger partial charge in [0.15, 0.2) is 0 Å². The van der Waals surface area contributed by atoms with E-state index in [0.29, 0.717) is 22.1 Å². The molecule has 0 bridgehead atoms. The molecule has 0 aliphatic rings. The molecule has 5 nitrogen and oxygen atoms in total. The first-order valence-electron chi connectivity index (χ1n) is 5.88. The third kappa shape index (κ3) is 2.31. The Hall–Kier alpha value is -2.53. The van der Waals surface area contributed by atoms with E-state index in [9.17, 15) is 4.79 Å². The van der Waals surface area contributed by atoms with Crippen molar-refractivity contribution < 1.29 is 4.79 Å². The molecule has 0 N–H and O–H groups in total. The van der Waals surface area contributed by atoms with Crippen molar-refractivity contribution in [1.29, 1.82) is 0 Å². The van der Waals surface area contributed by atoms with Crippen LogP contribution in [0.25, 0.3) is 17.1 Å². The highest BCUT2D eigenvalue weighted by atomic mass is 35.5. The molecule has 2 aromatic carbocycles. The van der Waals surface area contributed by atoms with Crippen LogP contribution in [0.3, 0.4) is 0 Å². The summed E-state index contributed by atoms with van der Waals surface area (Å²) in [5, 5.41) is 12.7. The van der Waals surface area contributed by atoms with Gasteiger partial charge >= 0.3 is 0 Å². The number of hydrogen-bond donors (Lipinski definition) is 0. The van der Waals surface area contributed by atoms with E-state index in [-0.39, 0.29) is 0 Å². The number of aldehydes is 1. The van der Waals surface area contributed by atoms with Gasteiger partial charge in [0, 0.05) is 11.1 Å². The molecule has 1 aromatic heterocycles. The van der Waals surface area contributed by atoms with E-state index in [0.717, 1.165) is 11.8 Å². The molecule has 0 aliphatic heterocycles. The van der Waals surface area contributed by atoms with Gasteiger partial charge in [0.05, 0.1) is 5.02 Å². The molecule has 1 heterocycles. The number of nitrogens with zero attached hydrogens (tertiary/aromatic N) is 4. The Labute approximate surface area is 119 Å². The van der Waals surface area contributed by atoms with Crippen LogP contribution in [0.5, 0.6) is 0 Å². The molecule has 0 amide bonds. The molecule has 0 spiro atoms. The lowest BCUT2D eigenvalue weighted by Crippen LogP contribution is -2.00. The van der Waals surface area contributed by atoms with Crippen molar-refractivity contribution in [2.24, 2.45) is 0 Å². The lowest BCUT2D eigenvalue weighted by molar-refractivity contribution is 0.112. The first kappa shape index (κ1) is 12.5. The van der Waals surface area contributed by atoms with Crippen LogP contribution in [0.15, 0.2) is 48.5 Å². The third-order valence-electron chi connectivity index (χ3n) is 2.77. The molecule has 6 heteroatoms. The van der Waals surface area contributed by atoms with Crippen molar-refractivity contribution in [3.63, 3.8) is 0 Å². The lowest BCUT2D eigenvalue weighted by atomic mass is 10.2. The van der Waals surface area contributed by atoms with Crippen LogP contribution in [0.2, 0.25) is 5.02 Å². The fourth-order valence-electron chi connectivity index (χ4n) is 1.78. The second-order valence-electron chi connectivity index (χ2n) is 4.10. The normalized spacial score (nSPS) is 10.4. The maximum absolute atomic E-state index is 10.7. The SMILES string of the molecule is O=Cc1ccc(-n2nnc(-c3ccccc3)n2)c(Cl)c1. The van der Waals surface area contributed by atoms with Crippen molar-refractivity contribution in [2.45, 2.75) is 0 Å². The van der Waals surface area contributed by atoms with Gasteiger partial charge in [-0.2, -0.15) is 0 Å². The summed E-state index contributed by atoms with van der Waals surface area (Å²) in [5.41, 5.74) is 1.95. The minimum atomic E-state index is 0.395. The molecule has 3 aromatic rings. The highest BCUT2D eigenvalue weighted by Crippen LogP contribution is 2.21.